The molecule has 0 saturated carbocycles. The van der Waals surface area contributed by atoms with Crippen LogP contribution in [0.5, 0.6) is 0 Å². The number of rotatable bonds is 3. The largest absolute Gasteiger partial charge is 0.416 e. The molecule has 152 valence electrons. The number of aromatic nitrogens is 2. The highest BCUT2D eigenvalue weighted by Gasteiger charge is 2.15. The Hall–Kier alpha value is -3.72. The first-order valence-corrected chi connectivity index (χ1v) is 10.5. The van der Waals surface area contributed by atoms with E-state index in [0.717, 1.165) is 16.7 Å². The van der Waals surface area contributed by atoms with Crippen LogP contribution < -0.4 is 0 Å². The van der Waals surface area contributed by atoms with Crippen molar-refractivity contribution in [2.45, 2.75) is 26.2 Å². The van der Waals surface area contributed by atoms with Crippen molar-refractivity contribution in [2.24, 2.45) is 0 Å². The van der Waals surface area contributed by atoms with Crippen LogP contribution in [0.2, 0.25) is 0 Å². The Morgan fingerprint density at radius 1 is 0.548 bits per heavy atom. The summed E-state index contributed by atoms with van der Waals surface area (Å²) >= 11 is 0. The lowest BCUT2D eigenvalue weighted by Crippen LogP contribution is -2.10. The van der Waals surface area contributed by atoms with Crippen molar-refractivity contribution in [3.63, 3.8) is 0 Å². The smallest absolute Gasteiger partial charge is 0.248 e. The topological polar surface area (TPSA) is 38.9 Å². The molecule has 1 heterocycles. The van der Waals surface area contributed by atoms with Gasteiger partial charge in [-0.25, -0.2) is 0 Å². The van der Waals surface area contributed by atoms with E-state index in [4.69, 9.17) is 4.42 Å². The summed E-state index contributed by atoms with van der Waals surface area (Å²) < 4.78 is 5.96. The molecule has 31 heavy (non-hydrogen) atoms. The third-order valence-electron chi connectivity index (χ3n) is 5.64. The molecule has 4 aromatic carbocycles. The third-order valence-corrected chi connectivity index (χ3v) is 5.64. The number of fused-ring (bicyclic) bond motifs is 1. The van der Waals surface area contributed by atoms with Crippen LogP contribution in [0.3, 0.4) is 0 Å². The highest BCUT2D eigenvalue weighted by atomic mass is 16.4. The van der Waals surface area contributed by atoms with Gasteiger partial charge < -0.3 is 4.42 Å². The molecule has 0 N–H and O–H groups in total. The zero-order chi connectivity index (χ0) is 21.4. The van der Waals surface area contributed by atoms with Gasteiger partial charge in [0, 0.05) is 11.1 Å². The van der Waals surface area contributed by atoms with Crippen LogP contribution in [0.25, 0.3) is 44.8 Å². The highest BCUT2D eigenvalue weighted by molar-refractivity contribution is 5.87. The summed E-state index contributed by atoms with van der Waals surface area (Å²) in [5, 5.41) is 11.0. The summed E-state index contributed by atoms with van der Waals surface area (Å²) in [4.78, 5) is 0. The van der Waals surface area contributed by atoms with Gasteiger partial charge in [0.25, 0.3) is 0 Å². The predicted molar refractivity (Wildman–Crippen MR) is 127 cm³/mol. The molecule has 1 aromatic heterocycles. The molecule has 0 aliphatic heterocycles. The number of nitrogens with zero attached hydrogens (tertiary/aromatic N) is 2. The summed E-state index contributed by atoms with van der Waals surface area (Å²) in [6.45, 7) is 6.61. The van der Waals surface area contributed by atoms with Crippen LogP contribution in [0.1, 0.15) is 26.3 Å². The van der Waals surface area contributed by atoms with Crippen molar-refractivity contribution in [2.75, 3.05) is 0 Å². The van der Waals surface area contributed by atoms with Gasteiger partial charge in [-0.2, -0.15) is 0 Å². The van der Waals surface area contributed by atoms with Crippen molar-refractivity contribution in [1.29, 1.82) is 0 Å². The average molecular weight is 405 g/mol. The molecule has 0 spiro atoms. The Morgan fingerprint density at radius 2 is 1.06 bits per heavy atom. The molecule has 0 amide bonds. The summed E-state index contributed by atoms with van der Waals surface area (Å²) in [5.74, 6) is 1.06. The maximum absolute atomic E-state index is 5.96. The van der Waals surface area contributed by atoms with Crippen LogP contribution >= 0.6 is 0 Å². The first kappa shape index (κ1) is 19.3. The van der Waals surface area contributed by atoms with E-state index in [1.165, 1.54) is 21.9 Å². The van der Waals surface area contributed by atoms with Gasteiger partial charge in [-0.15, -0.1) is 10.2 Å². The monoisotopic (exact) mass is 404 g/mol. The predicted octanol–water partition coefficient (Wildman–Crippen LogP) is 7.52. The minimum absolute atomic E-state index is 0.116. The van der Waals surface area contributed by atoms with E-state index in [1.807, 2.05) is 24.3 Å². The fourth-order valence-corrected chi connectivity index (χ4v) is 3.74. The van der Waals surface area contributed by atoms with Gasteiger partial charge >= 0.3 is 0 Å². The second-order valence-electron chi connectivity index (χ2n) is 8.88. The normalized spacial score (nSPS) is 11.7. The number of hydrogen-bond acceptors (Lipinski definition) is 3. The van der Waals surface area contributed by atoms with Gasteiger partial charge in [-0.3, -0.25) is 0 Å². The van der Waals surface area contributed by atoms with Crippen molar-refractivity contribution >= 4 is 10.8 Å². The van der Waals surface area contributed by atoms with Crippen molar-refractivity contribution in [1.82, 2.24) is 10.2 Å². The summed E-state index contributed by atoms with van der Waals surface area (Å²) in [7, 11) is 0. The molecule has 0 aliphatic rings. The molecule has 0 aliphatic carbocycles. The van der Waals surface area contributed by atoms with Crippen LogP contribution in [-0.2, 0) is 5.41 Å². The second-order valence-corrected chi connectivity index (χ2v) is 8.88. The molecule has 0 unspecified atom stereocenters. The van der Waals surface area contributed by atoms with Gasteiger partial charge in [0.1, 0.15) is 0 Å². The summed E-state index contributed by atoms with van der Waals surface area (Å²) in [6, 6.07) is 31.5. The molecule has 3 heteroatoms. The van der Waals surface area contributed by atoms with E-state index in [2.05, 4.69) is 97.7 Å². The molecule has 5 rings (SSSR count). The first-order valence-electron chi connectivity index (χ1n) is 10.5. The zero-order valence-corrected chi connectivity index (χ0v) is 18.0. The molecule has 0 bridgehead atoms. The standard InChI is InChI=1S/C28H24N2O/c1-28(2,3)25-16-14-22(15-17-25)27-30-29-26(31-27)21-11-8-20(9-12-21)24-13-10-19-6-4-5-7-23(19)18-24/h4-18H,1-3H3. The van der Waals surface area contributed by atoms with Gasteiger partial charge in [-0.1, -0.05) is 81.4 Å². The molecule has 3 nitrogen and oxygen atoms in total. The SMILES string of the molecule is CC(C)(C)c1ccc(-c2nnc(-c3ccc(-c4ccc5ccccc5c4)cc3)o2)cc1. The molecule has 0 radical (unpaired) electrons. The van der Waals surface area contributed by atoms with Crippen molar-refractivity contribution < 1.29 is 4.42 Å². The molecule has 0 fully saturated rings. The van der Waals surface area contributed by atoms with Gasteiger partial charge in [0.15, 0.2) is 0 Å². The van der Waals surface area contributed by atoms with Crippen LogP contribution in [0.15, 0.2) is 95.4 Å². The van der Waals surface area contributed by atoms with Gasteiger partial charge in [0.2, 0.25) is 11.8 Å². The molecular formula is C28H24N2O. The van der Waals surface area contributed by atoms with Gasteiger partial charge in [0.05, 0.1) is 0 Å². The average Bonchev–Trinajstić information content (AvgIpc) is 3.29. The van der Waals surface area contributed by atoms with Crippen LogP contribution in [-0.4, -0.2) is 10.2 Å². The number of benzene rings is 4. The quantitative estimate of drug-likeness (QED) is 0.312. The maximum Gasteiger partial charge on any atom is 0.248 e. The Balaban J connectivity index is 1.39. The Labute approximate surface area is 182 Å². The molecular weight excluding hydrogens is 380 g/mol. The van der Waals surface area contributed by atoms with E-state index in [-0.39, 0.29) is 5.41 Å². The summed E-state index contributed by atoms with van der Waals surface area (Å²) in [5.41, 5.74) is 5.59. The Bertz CT molecular complexity index is 1340. The zero-order valence-electron chi connectivity index (χ0n) is 18.0. The lowest BCUT2D eigenvalue weighted by molar-refractivity contribution is 0.582. The fraction of sp³-hybridized carbons (Fsp3) is 0.143. The van der Waals surface area contributed by atoms with E-state index >= 15 is 0 Å². The second kappa shape index (κ2) is 7.51. The molecule has 0 saturated heterocycles. The highest BCUT2D eigenvalue weighted by Crippen LogP contribution is 2.29. The molecule has 0 atom stereocenters. The van der Waals surface area contributed by atoms with Crippen molar-refractivity contribution in [3.8, 4) is 34.0 Å². The molecule has 5 aromatic rings. The lowest BCUT2D eigenvalue weighted by atomic mass is 9.87. The fourth-order valence-electron chi connectivity index (χ4n) is 3.74. The van der Waals surface area contributed by atoms with Crippen molar-refractivity contribution in [3.05, 3.63) is 96.6 Å². The van der Waals surface area contributed by atoms with E-state index in [1.54, 1.807) is 0 Å². The van der Waals surface area contributed by atoms with E-state index < -0.39 is 0 Å². The van der Waals surface area contributed by atoms with Crippen LogP contribution in [0, 0.1) is 0 Å². The van der Waals surface area contributed by atoms with E-state index in [9.17, 15) is 0 Å². The third kappa shape index (κ3) is 3.87. The van der Waals surface area contributed by atoms with Gasteiger partial charge in [-0.05, 0) is 63.2 Å². The lowest BCUT2D eigenvalue weighted by Gasteiger charge is -2.18. The Kier molecular flexibility index (Phi) is 4.67. The number of hydrogen-bond donors (Lipinski definition) is 0. The minimum Gasteiger partial charge on any atom is -0.416 e. The van der Waals surface area contributed by atoms with E-state index in [0.29, 0.717) is 11.8 Å². The first-order chi connectivity index (χ1) is 15.0. The van der Waals surface area contributed by atoms with Crippen LogP contribution in [0.4, 0.5) is 0 Å². The summed E-state index contributed by atoms with van der Waals surface area (Å²) in [6.07, 6.45) is 0. The minimum atomic E-state index is 0.116. The maximum atomic E-state index is 5.96. The Morgan fingerprint density at radius 3 is 1.68 bits per heavy atom.